The van der Waals surface area contributed by atoms with Crippen LogP contribution in [-0.2, 0) is 0 Å². The van der Waals surface area contributed by atoms with Crippen molar-refractivity contribution in [3.05, 3.63) is 166 Å². The molecule has 6 aromatic heterocycles. The van der Waals surface area contributed by atoms with Crippen LogP contribution in [0.5, 0.6) is 0 Å². The fourth-order valence-corrected chi connectivity index (χ4v) is 10.1. The molecule has 0 amide bonds. The van der Waals surface area contributed by atoms with E-state index < -0.39 is 0 Å². The van der Waals surface area contributed by atoms with Gasteiger partial charge in [0.15, 0.2) is 0 Å². The Kier molecular flexibility index (Phi) is 4.98. The van der Waals surface area contributed by atoms with E-state index in [-0.39, 0.29) is 11.3 Å². The first-order valence-corrected chi connectivity index (χ1v) is 18.7. The van der Waals surface area contributed by atoms with Crippen LogP contribution in [-0.4, -0.2) is 8.80 Å². The van der Waals surface area contributed by atoms with Crippen LogP contribution >= 0.6 is 0 Å². The third-order valence-corrected chi connectivity index (χ3v) is 12.4. The Labute approximate surface area is 313 Å². The van der Waals surface area contributed by atoms with Crippen molar-refractivity contribution in [3.8, 4) is 11.1 Å². The topological polar surface area (TPSA) is 69.2 Å². The first kappa shape index (κ1) is 28.8. The second-order valence-electron chi connectivity index (χ2n) is 15.1. The van der Waals surface area contributed by atoms with Gasteiger partial charge in [-0.05, 0) is 71.8 Å². The molecule has 0 aliphatic rings. The van der Waals surface area contributed by atoms with Crippen LogP contribution < -0.4 is 11.3 Å². The molecule has 0 aliphatic carbocycles. The van der Waals surface area contributed by atoms with Crippen LogP contribution in [0.25, 0.3) is 131 Å². The molecule has 0 atom stereocenters. The lowest BCUT2D eigenvalue weighted by Gasteiger charge is -2.07. The Bertz CT molecular complexity index is 4040. The van der Waals surface area contributed by atoms with Crippen molar-refractivity contribution in [2.24, 2.45) is 0 Å². The van der Waals surface area contributed by atoms with Gasteiger partial charge in [0.25, 0.3) is 0 Å². The molecule has 14 aromatic rings. The summed E-state index contributed by atoms with van der Waals surface area (Å²) in [6.45, 7) is 0. The van der Waals surface area contributed by atoms with E-state index in [4.69, 9.17) is 8.83 Å². The number of para-hydroxylation sites is 4. The Morgan fingerprint density at radius 2 is 0.786 bits per heavy atom. The van der Waals surface area contributed by atoms with Crippen LogP contribution in [0.3, 0.4) is 0 Å². The number of hydrogen-bond donors (Lipinski definition) is 0. The highest BCUT2D eigenvalue weighted by atomic mass is 16.4. The van der Waals surface area contributed by atoms with Gasteiger partial charge in [0.1, 0.15) is 11.2 Å². The second-order valence-corrected chi connectivity index (χ2v) is 15.1. The zero-order valence-electron chi connectivity index (χ0n) is 29.4. The fourth-order valence-electron chi connectivity index (χ4n) is 10.1. The summed E-state index contributed by atoms with van der Waals surface area (Å²) in [5.74, 6) is 0. The third kappa shape index (κ3) is 3.35. The van der Waals surface area contributed by atoms with E-state index in [0.717, 1.165) is 70.8 Å². The quantitative estimate of drug-likeness (QED) is 0.125. The summed E-state index contributed by atoms with van der Waals surface area (Å²) in [5, 5.41) is 13.7. The molecule has 0 N–H and O–H groups in total. The molecule has 6 nitrogen and oxygen atoms in total. The number of benzene rings is 8. The Balaban J connectivity index is 1.16. The van der Waals surface area contributed by atoms with Crippen LogP contribution in [0.15, 0.2) is 164 Å². The van der Waals surface area contributed by atoms with Gasteiger partial charge in [-0.15, -0.1) is 0 Å². The molecule has 8 aromatic carbocycles. The summed E-state index contributed by atoms with van der Waals surface area (Å²) in [7, 11) is 0. The molecule has 0 aliphatic heterocycles. The molecule has 0 saturated heterocycles. The molecule has 56 heavy (non-hydrogen) atoms. The Morgan fingerprint density at radius 3 is 1.41 bits per heavy atom. The first-order valence-electron chi connectivity index (χ1n) is 18.7. The third-order valence-electron chi connectivity index (χ3n) is 12.4. The van der Waals surface area contributed by atoms with Gasteiger partial charge in [-0.3, -0.25) is 0 Å². The Hall–Kier alpha value is -7.70. The van der Waals surface area contributed by atoms with Gasteiger partial charge < -0.3 is 17.6 Å². The standard InChI is InChI=1S/C50H24N2O4/c53-49-39-23-43-35(21-33(39)29-9-2-5-14-45(29)55-49)37-18-26(25-16-17-28-32-12-7-11-31-27-8-1-4-13-41(27)51(47(31)32)42(28)20-25)19-38-36-22-34-30-10-3-6-15-46(30)56-50(54)40(34)24-44(36)52(43)48(37)38/h1-24H. The number of aromatic nitrogens is 2. The molecule has 258 valence electrons. The van der Waals surface area contributed by atoms with Crippen LogP contribution in [0.2, 0.25) is 0 Å². The van der Waals surface area contributed by atoms with Crippen molar-refractivity contribution in [1.82, 2.24) is 8.80 Å². The lowest BCUT2D eigenvalue weighted by atomic mass is 9.96. The minimum Gasteiger partial charge on any atom is -0.422 e. The predicted molar refractivity (Wildman–Crippen MR) is 228 cm³/mol. The molecule has 0 fully saturated rings. The maximum absolute atomic E-state index is 13.6. The van der Waals surface area contributed by atoms with Crippen molar-refractivity contribution in [3.63, 3.8) is 0 Å². The fraction of sp³-hybridized carbons (Fsp3) is 0. The van der Waals surface area contributed by atoms with E-state index in [0.29, 0.717) is 21.9 Å². The van der Waals surface area contributed by atoms with Crippen LogP contribution in [0.1, 0.15) is 0 Å². The Morgan fingerprint density at radius 1 is 0.304 bits per heavy atom. The molecule has 0 bridgehead atoms. The molecule has 6 heteroatoms. The minimum atomic E-state index is -0.380. The molecular weight excluding hydrogens is 693 g/mol. The van der Waals surface area contributed by atoms with Gasteiger partial charge in [-0.25, -0.2) is 9.59 Å². The van der Waals surface area contributed by atoms with Crippen molar-refractivity contribution < 1.29 is 8.83 Å². The molecule has 0 unspecified atom stereocenters. The monoisotopic (exact) mass is 716 g/mol. The van der Waals surface area contributed by atoms with E-state index in [2.05, 4.69) is 93.7 Å². The first-order chi connectivity index (χ1) is 27.6. The highest BCUT2D eigenvalue weighted by Gasteiger charge is 2.24. The smallest absolute Gasteiger partial charge is 0.344 e. The van der Waals surface area contributed by atoms with Gasteiger partial charge in [0.2, 0.25) is 0 Å². The minimum absolute atomic E-state index is 0.380. The largest absolute Gasteiger partial charge is 0.422 e. The molecule has 0 spiro atoms. The highest BCUT2D eigenvalue weighted by molar-refractivity contribution is 6.29. The zero-order chi connectivity index (χ0) is 36.6. The zero-order valence-corrected chi connectivity index (χ0v) is 29.4. The van der Waals surface area contributed by atoms with Gasteiger partial charge in [-0.2, -0.15) is 0 Å². The number of nitrogens with zero attached hydrogens (tertiary/aromatic N) is 2. The van der Waals surface area contributed by atoms with E-state index in [1.165, 1.54) is 38.1 Å². The summed E-state index contributed by atoms with van der Waals surface area (Å²) in [6.07, 6.45) is 0. The lowest BCUT2D eigenvalue weighted by Crippen LogP contribution is -2.00. The van der Waals surface area contributed by atoms with Crippen molar-refractivity contribution >= 4 is 120 Å². The SMILES string of the molecule is O=c1oc2ccccc2c2cc3c4cc(-c5ccc6c7cccc8c9ccccc9n(c6c5)c87)cc5c6cc7c(cc6n(c3cc12)c45)c(=O)oc1ccccc17. The molecule has 6 heterocycles. The van der Waals surface area contributed by atoms with Gasteiger partial charge in [0, 0.05) is 64.6 Å². The summed E-state index contributed by atoms with van der Waals surface area (Å²) in [4.78, 5) is 27.1. The van der Waals surface area contributed by atoms with E-state index in [1.807, 2.05) is 60.7 Å². The van der Waals surface area contributed by atoms with E-state index >= 15 is 0 Å². The normalized spacial score (nSPS) is 12.8. The predicted octanol–water partition coefficient (Wildman–Crippen LogP) is 12.2. The van der Waals surface area contributed by atoms with Crippen LogP contribution in [0.4, 0.5) is 0 Å². The molecule has 0 saturated carbocycles. The maximum Gasteiger partial charge on any atom is 0.344 e. The number of hydrogen-bond acceptors (Lipinski definition) is 4. The van der Waals surface area contributed by atoms with Crippen molar-refractivity contribution in [1.29, 1.82) is 0 Å². The summed E-state index contributed by atoms with van der Waals surface area (Å²) in [6, 6.07) is 50.3. The summed E-state index contributed by atoms with van der Waals surface area (Å²) in [5.41, 5.74) is 8.96. The second kappa shape index (κ2) is 9.69. The molecule has 0 radical (unpaired) electrons. The van der Waals surface area contributed by atoms with Crippen molar-refractivity contribution in [2.45, 2.75) is 0 Å². The van der Waals surface area contributed by atoms with E-state index in [1.54, 1.807) is 0 Å². The number of fused-ring (bicyclic) bond motifs is 18. The number of rotatable bonds is 1. The summed E-state index contributed by atoms with van der Waals surface area (Å²) >= 11 is 0. The lowest BCUT2D eigenvalue weighted by molar-refractivity contribution is 0.569. The molecular formula is C50H24N2O4. The summed E-state index contributed by atoms with van der Waals surface area (Å²) < 4.78 is 16.3. The van der Waals surface area contributed by atoms with Gasteiger partial charge >= 0.3 is 11.3 Å². The van der Waals surface area contributed by atoms with E-state index in [9.17, 15) is 9.59 Å². The highest BCUT2D eigenvalue weighted by Crippen LogP contribution is 2.46. The van der Waals surface area contributed by atoms with Gasteiger partial charge in [0.05, 0.1) is 43.9 Å². The van der Waals surface area contributed by atoms with Crippen LogP contribution in [0, 0.1) is 0 Å². The average molecular weight is 717 g/mol. The van der Waals surface area contributed by atoms with Gasteiger partial charge in [-0.1, -0.05) is 84.9 Å². The molecule has 14 rings (SSSR count). The maximum atomic E-state index is 13.6. The average Bonchev–Trinajstić information content (AvgIpc) is 3.96. The van der Waals surface area contributed by atoms with Crippen molar-refractivity contribution in [2.75, 3.05) is 0 Å².